The summed E-state index contributed by atoms with van der Waals surface area (Å²) in [4.78, 5) is 22.5. The fraction of sp³-hybridized carbons (Fsp3) is 0.0435. The number of para-hydroxylation sites is 1. The van der Waals surface area contributed by atoms with Gasteiger partial charge in [0.05, 0.1) is 11.1 Å². The van der Waals surface area contributed by atoms with Crippen molar-refractivity contribution in [2.24, 2.45) is 5.10 Å². The average molecular weight is 433 g/mol. The average Bonchev–Trinajstić information content (AvgIpc) is 3.13. The van der Waals surface area contributed by atoms with E-state index in [1.54, 1.807) is 6.21 Å². The van der Waals surface area contributed by atoms with Gasteiger partial charge in [0.2, 0.25) is 0 Å². The SMILES string of the molecule is O=C(N/N=C/c1cn(Cc2ccc(Cl)cc2)c2ccccc12)c1ccc([N+](=O)[O-])cc1. The third kappa shape index (κ3) is 4.62. The van der Waals surface area contributed by atoms with Crippen LogP contribution in [0.15, 0.2) is 84.1 Å². The second kappa shape index (κ2) is 8.81. The lowest BCUT2D eigenvalue weighted by Crippen LogP contribution is -2.17. The summed E-state index contributed by atoms with van der Waals surface area (Å²) in [6.45, 7) is 0.667. The molecule has 3 aromatic carbocycles. The Bertz CT molecular complexity index is 1280. The van der Waals surface area contributed by atoms with Crippen molar-refractivity contribution in [1.29, 1.82) is 0 Å². The first-order valence-electron chi connectivity index (χ1n) is 9.41. The highest BCUT2D eigenvalue weighted by Crippen LogP contribution is 2.22. The molecular formula is C23H17ClN4O3. The Kier molecular flexibility index (Phi) is 5.77. The van der Waals surface area contributed by atoms with Gasteiger partial charge in [-0.05, 0) is 35.9 Å². The number of halogens is 1. The molecule has 8 heteroatoms. The number of nitrogens with zero attached hydrogens (tertiary/aromatic N) is 3. The van der Waals surface area contributed by atoms with E-state index in [1.807, 2.05) is 54.7 Å². The van der Waals surface area contributed by atoms with Crippen molar-refractivity contribution >= 4 is 40.3 Å². The molecule has 0 unspecified atom stereocenters. The minimum atomic E-state index is -0.514. The number of nitrogens with one attached hydrogen (secondary N) is 1. The summed E-state index contributed by atoms with van der Waals surface area (Å²) >= 11 is 5.97. The van der Waals surface area contributed by atoms with E-state index in [0.717, 1.165) is 22.0 Å². The van der Waals surface area contributed by atoms with E-state index in [2.05, 4.69) is 15.1 Å². The molecule has 4 rings (SSSR count). The molecule has 0 radical (unpaired) electrons. The maximum atomic E-state index is 12.2. The Labute approximate surface area is 182 Å². The highest BCUT2D eigenvalue weighted by molar-refractivity contribution is 6.30. The van der Waals surface area contributed by atoms with E-state index in [4.69, 9.17) is 11.6 Å². The molecule has 0 atom stereocenters. The van der Waals surface area contributed by atoms with Gasteiger partial charge >= 0.3 is 0 Å². The van der Waals surface area contributed by atoms with Crippen LogP contribution >= 0.6 is 11.6 Å². The molecule has 0 spiro atoms. The van der Waals surface area contributed by atoms with Gasteiger partial charge in [-0.3, -0.25) is 14.9 Å². The zero-order valence-electron chi connectivity index (χ0n) is 16.2. The quantitative estimate of drug-likeness (QED) is 0.263. The van der Waals surface area contributed by atoms with Crippen LogP contribution in [0, 0.1) is 10.1 Å². The molecule has 1 N–H and O–H groups in total. The van der Waals surface area contributed by atoms with Gasteiger partial charge in [0, 0.05) is 51.9 Å². The normalized spacial score (nSPS) is 11.1. The second-order valence-corrected chi connectivity index (χ2v) is 7.30. The topological polar surface area (TPSA) is 89.5 Å². The molecule has 0 fully saturated rings. The summed E-state index contributed by atoms with van der Waals surface area (Å²) in [5, 5.41) is 16.5. The van der Waals surface area contributed by atoms with Gasteiger partial charge in [0.1, 0.15) is 0 Å². The zero-order valence-corrected chi connectivity index (χ0v) is 17.0. The van der Waals surface area contributed by atoms with Gasteiger partial charge in [-0.2, -0.15) is 5.10 Å². The maximum Gasteiger partial charge on any atom is 0.271 e. The van der Waals surface area contributed by atoms with Gasteiger partial charge in [0.15, 0.2) is 0 Å². The lowest BCUT2D eigenvalue weighted by Gasteiger charge is -2.05. The van der Waals surface area contributed by atoms with E-state index < -0.39 is 10.8 Å². The maximum absolute atomic E-state index is 12.2. The molecule has 0 aliphatic carbocycles. The summed E-state index contributed by atoms with van der Waals surface area (Å²) < 4.78 is 2.11. The molecule has 0 saturated heterocycles. The molecule has 1 amide bonds. The Balaban J connectivity index is 1.52. The van der Waals surface area contributed by atoms with Crippen molar-refractivity contribution in [2.45, 2.75) is 6.54 Å². The molecule has 7 nitrogen and oxygen atoms in total. The number of carbonyl (C=O) groups excluding carboxylic acids is 1. The number of carbonyl (C=O) groups is 1. The van der Waals surface area contributed by atoms with Crippen molar-refractivity contribution in [3.05, 3.63) is 111 Å². The molecule has 0 bridgehead atoms. The van der Waals surface area contributed by atoms with Crippen LogP contribution in [-0.4, -0.2) is 21.6 Å². The third-order valence-electron chi connectivity index (χ3n) is 4.80. The van der Waals surface area contributed by atoms with Crippen molar-refractivity contribution in [3.63, 3.8) is 0 Å². The number of nitro benzene ring substituents is 1. The van der Waals surface area contributed by atoms with Gasteiger partial charge in [-0.15, -0.1) is 0 Å². The molecule has 31 heavy (non-hydrogen) atoms. The first-order chi connectivity index (χ1) is 15.0. The number of hydrogen-bond donors (Lipinski definition) is 1. The van der Waals surface area contributed by atoms with Crippen LogP contribution in [-0.2, 0) is 6.54 Å². The Morgan fingerprint density at radius 1 is 1.06 bits per heavy atom. The first-order valence-corrected chi connectivity index (χ1v) is 9.79. The number of rotatable bonds is 6. The van der Waals surface area contributed by atoms with E-state index in [1.165, 1.54) is 24.3 Å². The molecule has 154 valence electrons. The van der Waals surface area contributed by atoms with Crippen LogP contribution in [0.1, 0.15) is 21.5 Å². The van der Waals surface area contributed by atoms with Crippen LogP contribution in [0.2, 0.25) is 5.02 Å². The van der Waals surface area contributed by atoms with Crippen LogP contribution in [0.25, 0.3) is 10.9 Å². The summed E-state index contributed by atoms with van der Waals surface area (Å²) in [5.74, 6) is -0.448. The van der Waals surface area contributed by atoms with Crippen molar-refractivity contribution in [1.82, 2.24) is 9.99 Å². The summed E-state index contributed by atoms with van der Waals surface area (Å²) in [6.07, 6.45) is 3.56. The predicted octanol–water partition coefficient (Wildman–Crippen LogP) is 5.02. The van der Waals surface area contributed by atoms with Crippen LogP contribution < -0.4 is 5.43 Å². The number of aromatic nitrogens is 1. The van der Waals surface area contributed by atoms with E-state index in [-0.39, 0.29) is 11.3 Å². The first kappa shape index (κ1) is 20.3. The van der Waals surface area contributed by atoms with E-state index >= 15 is 0 Å². The van der Waals surface area contributed by atoms with Gasteiger partial charge in [0.25, 0.3) is 11.6 Å². The van der Waals surface area contributed by atoms with Crippen LogP contribution in [0.5, 0.6) is 0 Å². The smallest absolute Gasteiger partial charge is 0.271 e. The Morgan fingerprint density at radius 3 is 2.48 bits per heavy atom. The number of non-ortho nitro benzene ring substituents is 1. The van der Waals surface area contributed by atoms with Gasteiger partial charge in [-0.25, -0.2) is 5.43 Å². The molecule has 0 aliphatic rings. The molecule has 0 aliphatic heterocycles. The van der Waals surface area contributed by atoms with Crippen LogP contribution in [0.4, 0.5) is 5.69 Å². The van der Waals surface area contributed by atoms with Gasteiger partial charge in [-0.1, -0.05) is 41.9 Å². The number of amides is 1. The lowest BCUT2D eigenvalue weighted by atomic mass is 10.2. The van der Waals surface area contributed by atoms with Crippen LogP contribution in [0.3, 0.4) is 0 Å². The van der Waals surface area contributed by atoms with E-state index in [0.29, 0.717) is 11.6 Å². The third-order valence-corrected chi connectivity index (χ3v) is 5.05. The highest BCUT2D eigenvalue weighted by atomic mass is 35.5. The largest absolute Gasteiger partial charge is 0.342 e. The fourth-order valence-electron chi connectivity index (χ4n) is 3.25. The standard InChI is InChI=1S/C23H17ClN4O3/c24-19-9-5-16(6-10-19)14-27-15-18(21-3-1-2-4-22(21)27)13-25-26-23(29)17-7-11-20(12-8-17)28(30)31/h1-13,15H,14H2,(H,26,29)/b25-13+. The fourth-order valence-corrected chi connectivity index (χ4v) is 3.38. The Morgan fingerprint density at radius 2 is 1.77 bits per heavy atom. The zero-order chi connectivity index (χ0) is 21.8. The summed E-state index contributed by atoms with van der Waals surface area (Å²) in [5.41, 5.74) is 5.68. The molecule has 1 heterocycles. The molecule has 1 aromatic heterocycles. The number of hydrazone groups is 1. The van der Waals surface area contributed by atoms with Crippen molar-refractivity contribution < 1.29 is 9.72 Å². The highest BCUT2D eigenvalue weighted by Gasteiger charge is 2.10. The number of fused-ring (bicyclic) bond motifs is 1. The summed E-state index contributed by atoms with van der Waals surface area (Å²) in [6, 6.07) is 21.0. The molecule has 4 aromatic rings. The van der Waals surface area contributed by atoms with Gasteiger partial charge < -0.3 is 4.57 Å². The Hall–Kier alpha value is -3.97. The number of hydrogen-bond acceptors (Lipinski definition) is 4. The minimum absolute atomic E-state index is 0.0754. The minimum Gasteiger partial charge on any atom is -0.342 e. The number of benzene rings is 3. The molecule has 0 saturated carbocycles. The summed E-state index contributed by atoms with van der Waals surface area (Å²) in [7, 11) is 0. The number of nitro groups is 1. The second-order valence-electron chi connectivity index (χ2n) is 6.86. The predicted molar refractivity (Wildman–Crippen MR) is 121 cm³/mol. The lowest BCUT2D eigenvalue weighted by molar-refractivity contribution is -0.384. The van der Waals surface area contributed by atoms with E-state index in [9.17, 15) is 14.9 Å². The molecular weight excluding hydrogens is 416 g/mol. The monoisotopic (exact) mass is 432 g/mol. The van der Waals surface area contributed by atoms with Crippen molar-refractivity contribution in [3.8, 4) is 0 Å². The van der Waals surface area contributed by atoms with Crippen molar-refractivity contribution in [2.75, 3.05) is 0 Å².